The molecule has 1 saturated carbocycles. The summed E-state index contributed by atoms with van der Waals surface area (Å²) in [6, 6.07) is 3.99. The smallest absolute Gasteiger partial charge is 0.233 e. The highest BCUT2D eigenvalue weighted by Crippen LogP contribution is 2.31. The number of carbonyl (C=O) groups excluding carboxylic acids is 1. The highest BCUT2D eigenvalue weighted by atomic mass is 32.2. The number of thiophene rings is 1. The first kappa shape index (κ1) is 21.8. The quantitative estimate of drug-likeness (QED) is 0.579. The third kappa shape index (κ3) is 4.75. The summed E-state index contributed by atoms with van der Waals surface area (Å²) < 4.78 is 26.2. The number of rotatable bonds is 7. The molecule has 2 aromatic heterocycles. The van der Waals surface area contributed by atoms with E-state index in [1.54, 1.807) is 11.3 Å². The Morgan fingerprint density at radius 2 is 2.03 bits per heavy atom. The molecular formula is C20H28N4O3S3. The molecular weight excluding hydrogens is 440 g/mol. The summed E-state index contributed by atoms with van der Waals surface area (Å²) in [6.45, 7) is 2.77. The van der Waals surface area contributed by atoms with Crippen LogP contribution in [-0.2, 0) is 21.2 Å². The predicted molar refractivity (Wildman–Crippen MR) is 121 cm³/mol. The van der Waals surface area contributed by atoms with Crippen molar-refractivity contribution in [1.82, 2.24) is 19.7 Å². The molecule has 1 amide bonds. The van der Waals surface area contributed by atoms with Crippen LogP contribution in [0.5, 0.6) is 0 Å². The first-order valence-electron chi connectivity index (χ1n) is 10.6. The van der Waals surface area contributed by atoms with Crippen LogP contribution in [0.25, 0.3) is 10.7 Å². The maximum atomic E-state index is 13.3. The van der Waals surface area contributed by atoms with E-state index in [-0.39, 0.29) is 35.2 Å². The van der Waals surface area contributed by atoms with Crippen molar-refractivity contribution in [2.45, 2.75) is 69.2 Å². The Bertz CT molecular complexity index is 966. The Morgan fingerprint density at radius 1 is 1.23 bits per heavy atom. The third-order valence-electron chi connectivity index (χ3n) is 5.96. The van der Waals surface area contributed by atoms with E-state index < -0.39 is 9.84 Å². The van der Waals surface area contributed by atoms with Crippen LogP contribution in [0, 0.1) is 0 Å². The summed E-state index contributed by atoms with van der Waals surface area (Å²) in [7, 11) is -3.04. The van der Waals surface area contributed by atoms with Crippen molar-refractivity contribution in [2.75, 3.05) is 17.3 Å². The van der Waals surface area contributed by atoms with Crippen LogP contribution in [0.15, 0.2) is 22.7 Å². The lowest BCUT2D eigenvalue weighted by Crippen LogP contribution is -2.49. The molecule has 1 unspecified atom stereocenters. The molecule has 4 rings (SSSR count). The molecule has 2 aliphatic rings. The number of carbonyl (C=O) groups is 1. The molecule has 0 aromatic carbocycles. The van der Waals surface area contributed by atoms with Gasteiger partial charge in [0.15, 0.2) is 20.8 Å². The molecule has 7 nitrogen and oxygen atoms in total. The second-order valence-electron chi connectivity index (χ2n) is 7.97. The van der Waals surface area contributed by atoms with Gasteiger partial charge in [-0.1, -0.05) is 37.1 Å². The van der Waals surface area contributed by atoms with E-state index in [1.165, 1.54) is 18.2 Å². The van der Waals surface area contributed by atoms with E-state index in [0.717, 1.165) is 48.1 Å². The van der Waals surface area contributed by atoms with E-state index in [2.05, 4.69) is 10.2 Å². The Morgan fingerprint density at radius 3 is 2.67 bits per heavy atom. The van der Waals surface area contributed by atoms with Crippen molar-refractivity contribution < 1.29 is 13.2 Å². The lowest BCUT2D eigenvalue weighted by atomic mass is 9.93. The minimum Gasteiger partial charge on any atom is -0.335 e. The van der Waals surface area contributed by atoms with Gasteiger partial charge in [-0.25, -0.2) is 8.42 Å². The normalized spacial score (nSPS) is 21.7. The second-order valence-corrected chi connectivity index (χ2v) is 12.1. The fraction of sp³-hybridized carbons (Fsp3) is 0.650. The molecule has 2 aromatic rings. The van der Waals surface area contributed by atoms with Crippen molar-refractivity contribution in [2.24, 2.45) is 0 Å². The Balaban J connectivity index is 1.49. The van der Waals surface area contributed by atoms with Crippen LogP contribution in [-0.4, -0.2) is 63.3 Å². The van der Waals surface area contributed by atoms with Crippen molar-refractivity contribution in [3.8, 4) is 10.7 Å². The molecule has 0 spiro atoms. The zero-order chi connectivity index (χ0) is 21.1. The van der Waals surface area contributed by atoms with Gasteiger partial charge in [-0.3, -0.25) is 4.79 Å². The molecule has 2 fully saturated rings. The molecule has 0 bridgehead atoms. The van der Waals surface area contributed by atoms with E-state index in [4.69, 9.17) is 0 Å². The van der Waals surface area contributed by atoms with Gasteiger partial charge in [-0.15, -0.1) is 21.5 Å². The third-order valence-corrected chi connectivity index (χ3v) is 9.52. The SMILES string of the molecule is CCn1c(SCC(=O)N(C2CCCCC2)C2CCS(=O)(=O)C2)nnc1-c1cccs1. The summed E-state index contributed by atoms with van der Waals surface area (Å²) in [5.41, 5.74) is 0. The van der Waals surface area contributed by atoms with Gasteiger partial charge < -0.3 is 9.47 Å². The van der Waals surface area contributed by atoms with Crippen LogP contribution in [0.3, 0.4) is 0 Å². The fourth-order valence-electron chi connectivity index (χ4n) is 4.53. The highest BCUT2D eigenvalue weighted by Gasteiger charge is 2.38. The zero-order valence-corrected chi connectivity index (χ0v) is 19.6. The molecule has 0 N–H and O–H groups in total. The summed E-state index contributed by atoms with van der Waals surface area (Å²) in [4.78, 5) is 16.3. The summed E-state index contributed by atoms with van der Waals surface area (Å²) >= 11 is 3.02. The molecule has 0 radical (unpaired) electrons. The average Bonchev–Trinajstić information content (AvgIpc) is 3.46. The van der Waals surface area contributed by atoms with Gasteiger partial charge in [0.25, 0.3) is 0 Å². The van der Waals surface area contributed by atoms with Crippen LogP contribution in [0.2, 0.25) is 0 Å². The van der Waals surface area contributed by atoms with E-state index in [0.29, 0.717) is 6.42 Å². The topological polar surface area (TPSA) is 85.2 Å². The summed E-state index contributed by atoms with van der Waals surface area (Å²) in [6.07, 6.45) is 5.91. The Hall–Kier alpha value is -1.39. The standard InChI is InChI=1S/C20H28N4O3S3/c1-2-23-19(17-9-6-11-28-17)21-22-20(23)29-13-18(25)24(15-7-4-3-5-8-15)16-10-12-30(26,27)14-16/h6,9,11,15-16H,2-5,7-8,10,12-14H2,1H3. The number of amides is 1. The Labute approximate surface area is 186 Å². The number of hydrogen-bond acceptors (Lipinski definition) is 7. The van der Waals surface area contributed by atoms with Gasteiger partial charge in [0.1, 0.15) is 0 Å². The average molecular weight is 469 g/mol. The number of thioether (sulfide) groups is 1. The van der Waals surface area contributed by atoms with E-state index in [9.17, 15) is 13.2 Å². The summed E-state index contributed by atoms with van der Waals surface area (Å²) in [5.74, 6) is 1.41. The van der Waals surface area contributed by atoms with Gasteiger partial charge in [0.05, 0.1) is 22.1 Å². The summed E-state index contributed by atoms with van der Waals surface area (Å²) in [5, 5.41) is 11.4. The number of aromatic nitrogens is 3. The van der Waals surface area contributed by atoms with E-state index in [1.807, 2.05) is 33.9 Å². The van der Waals surface area contributed by atoms with Gasteiger partial charge in [0.2, 0.25) is 5.91 Å². The fourth-order valence-corrected chi connectivity index (χ4v) is 7.83. The molecule has 1 atom stereocenters. The highest BCUT2D eigenvalue weighted by molar-refractivity contribution is 7.99. The maximum absolute atomic E-state index is 13.3. The zero-order valence-electron chi connectivity index (χ0n) is 17.2. The second kappa shape index (κ2) is 9.40. The lowest BCUT2D eigenvalue weighted by molar-refractivity contribution is -0.133. The van der Waals surface area contributed by atoms with Crippen molar-refractivity contribution in [1.29, 1.82) is 0 Å². The van der Waals surface area contributed by atoms with Crippen LogP contribution >= 0.6 is 23.1 Å². The van der Waals surface area contributed by atoms with Crippen LogP contribution in [0.4, 0.5) is 0 Å². The minimum atomic E-state index is -3.04. The number of nitrogens with zero attached hydrogens (tertiary/aromatic N) is 4. The first-order chi connectivity index (χ1) is 14.5. The van der Waals surface area contributed by atoms with Gasteiger partial charge in [-0.2, -0.15) is 0 Å². The Kier molecular flexibility index (Phi) is 6.84. The lowest BCUT2D eigenvalue weighted by Gasteiger charge is -2.38. The molecule has 164 valence electrons. The molecule has 3 heterocycles. The molecule has 1 aliphatic carbocycles. The molecule has 30 heavy (non-hydrogen) atoms. The van der Waals surface area contributed by atoms with E-state index >= 15 is 0 Å². The number of hydrogen-bond donors (Lipinski definition) is 0. The minimum absolute atomic E-state index is 0.0253. The van der Waals surface area contributed by atoms with Gasteiger partial charge in [-0.05, 0) is 37.6 Å². The van der Waals surface area contributed by atoms with Crippen molar-refractivity contribution >= 4 is 38.8 Å². The largest absolute Gasteiger partial charge is 0.335 e. The molecule has 1 aliphatic heterocycles. The first-order valence-corrected chi connectivity index (χ1v) is 14.3. The monoisotopic (exact) mass is 468 g/mol. The van der Waals surface area contributed by atoms with Crippen LogP contribution < -0.4 is 0 Å². The molecule has 1 saturated heterocycles. The van der Waals surface area contributed by atoms with Gasteiger partial charge in [0, 0.05) is 18.6 Å². The molecule has 10 heteroatoms. The number of sulfone groups is 1. The van der Waals surface area contributed by atoms with Crippen molar-refractivity contribution in [3.05, 3.63) is 17.5 Å². The van der Waals surface area contributed by atoms with Gasteiger partial charge >= 0.3 is 0 Å². The maximum Gasteiger partial charge on any atom is 0.233 e. The predicted octanol–water partition coefficient (Wildman–Crippen LogP) is 3.47. The van der Waals surface area contributed by atoms with Crippen LogP contribution in [0.1, 0.15) is 45.4 Å². The van der Waals surface area contributed by atoms with Crippen molar-refractivity contribution in [3.63, 3.8) is 0 Å².